The van der Waals surface area contributed by atoms with Crippen molar-refractivity contribution in [2.45, 2.75) is 13.0 Å². The molecular formula is C16H16BrFN2O. The molecule has 0 saturated heterocycles. The third kappa shape index (κ3) is 3.61. The maximum Gasteiger partial charge on any atom is 0.253 e. The van der Waals surface area contributed by atoms with Gasteiger partial charge in [-0.2, -0.15) is 0 Å². The van der Waals surface area contributed by atoms with Crippen LogP contribution in [0.2, 0.25) is 0 Å². The van der Waals surface area contributed by atoms with Crippen LogP contribution in [0.5, 0.6) is 0 Å². The second kappa shape index (κ2) is 6.72. The van der Waals surface area contributed by atoms with Gasteiger partial charge in [0.25, 0.3) is 5.91 Å². The molecule has 0 saturated carbocycles. The summed E-state index contributed by atoms with van der Waals surface area (Å²) in [4.78, 5) is 12.3. The highest BCUT2D eigenvalue weighted by molar-refractivity contribution is 9.10. The van der Waals surface area contributed by atoms with Crippen molar-refractivity contribution >= 4 is 27.5 Å². The maximum atomic E-state index is 13.7. The predicted octanol–water partition coefficient (Wildman–Crippen LogP) is 4.12. The summed E-state index contributed by atoms with van der Waals surface area (Å²) < 4.78 is 14.6. The fraction of sp³-hybridized carbons (Fsp3) is 0.188. The molecule has 1 amide bonds. The van der Waals surface area contributed by atoms with Crippen LogP contribution >= 0.6 is 15.9 Å². The van der Waals surface area contributed by atoms with Gasteiger partial charge in [0.2, 0.25) is 0 Å². The van der Waals surface area contributed by atoms with E-state index < -0.39 is 5.82 Å². The smallest absolute Gasteiger partial charge is 0.253 e. The molecule has 0 aliphatic carbocycles. The van der Waals surface area contributed by atoms with Crippen LogP contribution in [0.1, 0.15) is 28.9 Å². The van der Waals surface area contributed by atoms with E-state index in [1.165, 1.54) is 12.1 Å². The van der Waals surface area contributed by atoms with Crippen LogP contribution in [0.25, 0.3) is 0 Å². The van der Waals surface area contributed by atoms with E-state index in [9.17, 15) is 9.18 Å². The first-order valence-corrected chi connectivity index (χ1v) is 7.35. The zero-order valence-corrected chi connectivity index (χ0v) is 13.4. The minimum atomic E-state index is -0.444. The van der Waals surface area contributed by atoms with Gasteiger partial charge in [0.1, 0.15) is 5.82 Å². The Morgan fingerprint density at radius 2 is 1.95 bits per heavy atom. The van der Waals surface area contributed by atoms with Gasteiger partial charge in [0.05, 0.1) is 17.3 Å². The maximum absolute atomic E-state index is 13.7. The molecule has 0 bridgehead atoms. The predicted molar refractivity (Wildman–Crippen MR) is 86.0 cm³/mol. The number of carbonyl (C=O) groups is 1. The van der Waals surface area contributed by atoms with Crippen LogP contribution in [0.4, 0.5) is 10.1 Å². The first-order chi connectivity index (χ1) is 10.0. The molecule has 2 aromatic carbocycles. The molecular weight excluding hydrogens is 335 g/mol. The lowest BCUT2D eigenvalue weighted by atomic mass is 10.1. The van der Waals surface area contributed by atoms with Crippen LogP contribution in [-0.2, 0) is 0 Å². The Labute approximate surface area is 131 Å². The largest absolute Gasteiger partial charge is 0.385 e. The Balaban J connectivity index is 2.20. The first kappa shape index (κ1) is 15.5. The van der Waals surface area contributed by atoms with E-state index in [4.69, 9.17) is 0 Å². The topological polar surface area (TPSA) is 41.1 Å². The number of halogens is 2. The molecule has 0 radical (unpaired) electrons. The molecule has 0 heterocycles. The zero-order chi connectivity index (χ0) is 15.4. The van der Waals surface area contributed by atoms with Crippen molar-refractivity contribution in [2.24, 2.45) is 0 Å². The van der Waals surface area contributed by atoms with Crippen LogP contribution in [-0.4, -0.2) is 13.0 Å². The van der Waals surface area contributed by atoms with Crippen LogP contribution in [0, 0.1) is 5.82 Å². The molecule has 0 aliphatic rings. The Kier molecular flexibility index (Phi) is 4.96. The van der Waals surface area contributed by atoms with Crippen molar-refractivity contribution in [3.63, 3.8) is 0 Å². The van der Waals surface area contributed by atoms with E-state index in [1.54, 1.807) is 13.1 Å². The summed E-state index contributed by atoms with van der Waals surface area (Å²) in [5.41, 5.74) is 1.47. The molecule has 5 heteroatoms. The first-order valence-electron chi connectivity index (χ1n) is 6.55. The Morgan fingerprint density at radius 3 is 2.62 bits per heavy atom. The number of hydrogen-bond acceptors (Lipinski definition) is 2. The molecule has 1 unspecified atom stereocenters. The lowest BCUT2D eigenvalue weighted by Crippen LogP contribution is -2.27. The molecule has 2 rings (SSSR count). The van der Waals surface area contributed by atoms with E-state index >= 15 is 0 Å². The normalized spacial score (nSPS) is 11.8. The average Bonchev–Trinajstić information content (AvgIpc) is 2.46. The number of para-hydroxylation sites is 1. The van der Waals surface area contributed by atoms with Crippen molar-refractivity contribution in [1.29, 1.82) is 0 Å². The Morgan fingerprint density at radius 1 is 1.24 bits per heavy atom. The lowest BCUT2D eigenvalue weighted by molar-refractivity contribution is 0.0940. The van der Waals surface area contributed by atoms with Crippen molar-refractivity contribution < 1.29 is 9.18 Å². The van der Waals surface area contributed by atoms with Crippen molar-refractivity contribution in [1.82, 2.24) is 5.32 Å². The van der Waals surface area contributed by atoms with Crippen molar-refractivity contribution in [3.05, 3.63) is 63.9 Å². The monoisotopic (exact) mass is 350 g/mol. The molecule has 21 heavy (non-hydrogen) atoms. The molecule has 1 atom stereocenters. The fourth-order valence-corrected chi connectivity index (χ4v) is 2.52. The lowest BCUT2D eigenvalue weighted by Gasteiger charge is -2.16. The van der Waals surface area contributed by atoms with Crippen LogP contribution in [0.3, 0.4) is 0 Å². The second-order valence-corrected chi connectivity index (χ2v) is 5.58. The van der Waals surface area contributed by atoms with Crippen LogP contribution in [0.15, 0.2) is 46.9 Å². The number of nitrogens with one attached hydrogen (secondary N) is 2. The van der Waals surface area contributed by atoms with Gasteiger partial charge in [-0.1, -0.05) is 34.1 Å². The van der Waals surface area contributed by atoms with Crippen molar-refractivity contribution in [2.75, 3.05) is 12.4 Å². The molecule has 2 aromatic rings. The van der Waals surface area contributed by atoms with Crippen molar-refractivity contribution in [3.8, 4) is 0 Å². The van der Waals surface area contributed by atoms with Gasteiger partial charge in [-0.15, -0.1) is 0 Å². The Bertz CT molecular complexity index is 660. The van der Waals surface area contributed by atoms with Gasteiger partial charge in [-0.05, 0) is 36.8 Å². The summed E-state index contributed by atoms with van der Waals surface area (Å²) in [6, 6.07) is 12.0. The summed E-state index contributed by atoms with van der Waals surface area (Å²) in [5.74, 6) is -0.758. The van der Waals surface area contributed by atoms with Gasteiger partial charge in [-0.3, -0.25) is 4.79 Å². The highest BCUT2D eigenvalue weighted by atomic mass is 79.9. The molecule has 0 fully saturated rings. The van der Waals surface area contributed by atoms with Gasteiger partial charge >= 0.3 is 0 Å². The number of hydrogen-bond donors (Lipinski definition) is 2. The standard InChI is InChI=1S/C16H16BrFN2O/c1-10(11-5-3-6-12(17)9-11)20-16(21)13-7-4-8-14(18)15(13)19-2/h3-10,19H,1-2H3,(H,20,21). The molecule has 0 spiro atoms. The van der Waals surface area contributed by atoms with E-state index in [0.717, 1.165) is 10.0 Å². The highest BCUT2D eigenvalue weighted by Crippen LogP contribution is 2.22. The Hall–Kier alpha value is -1.88. The number of carbonyl (C=O) groups excluding carboxylic acids is 1. The van der Waals surface area contributed by atoms with Gasteiger partial charge in [0, 0.05) is 11.5 Å². The quantitative estimate of drug-likeness (QED) is 0.870. The SMILES string of the molecule is CNc1c(F)cccc1C(=O)NC(C)c1cccc(Br)c1. The van der Waals surface area contributed by atoms with Crippen LogP contribution < -0.4 is 10.6 Å². The number of rotatable bonds is 4. The van der Waals surface area contributed by atoms with E-state index in [0.29, 0.717) is 5.56 Å². The fourth-order valence-electron chi connectivity index (χ4n) is 2.10. The molecule has 110 valence electrons. The highest BCUT2D eigenvalue weighted by Gasteiger charge is 2.16. The molecule has 3 nitrogen and oxygen atoms in total. The number of anilines is 1. The van der Waals surface area contributed by atoms with E-state index in [1.807, 2.05) is 31.2 Å². The molecule has 0 aliphatic heterocycles. The van der Waals surface area contributed by atoms with Gasteiger partial charge in [-0.25, -0.2) is 4.39 Å². The summed E-state index contributed by atoms with van der Waals surface area (Å²) in [6.45, 7) is 1.89. The molecule has 0 aromatic heterocycles. The minimum absolute atomic E-state index is 0.178. The molecule has 2 N–H and O–H groups in total. The average molecular weight is 351 g/mol. The van der Waals surface area contributed by atoms with E-state index in [2.05, 4.69) is 26.6 Å². The number of amides is 1. The van der Waals surface area contributed by atoms with E-state index in [-0.39, 0.29) is 17.6 Å². The van der Waals surface area contributed by atoms with Gasteiger partial charge < -0.3 is 10.6 Å². The second-order valence-electron chi connectivity index (χ2n) is 4.66. The summed E-state index contributed by atoms with van der Waals surface area (Å²) in [6.07, 6.45) is 0. The summed E-state index contributed by atoms with van der Waals surface area (Å²) in [7, 11) is 1.59. The zero-order valence-electron chi connectivity index (χ0n) is 11.8. The summed E-state index contributed by atoms with van der Waals surface area (Å²) >= 11 is 3.40. The summed E-state index contributed by atoms with van der Waals surface area (Å²) in [5, 5.41) is 5.60. The third-order valence-electron chi connectivity index (χ3n) is 3.20. The number of benzene rings is 2. The minimum Gasteiger partial charge on any atom is -0.385 e. The third-order valence-corrected chi connectivity index (χ3v) is 3.70. The van der Waals surface area contributed by atoms with Gasteiger partial charge in [0.15, 0.2) is 0 Å².